The Morgan fingerprint density at radius 3 is 2.57 bits per heavy atom. The molecule has 2 aromatic rings. The van der Waals surface area contributed by atoms with Crippen LogP contribution < -0.4 is 16.7 Å². The van der Waals surface area contributed by atoms with Crippen molar-refractivity contribution in [1.82, 2.24) is 14.5 Å². The highest BCUT2D eigenvalue weighted by Crippen LogP contribution is 2.28. The van der Waals surface area contributed by atoms with Crippen LogP contribution in [0.4, 0.5) is 0 Å². The molecule has 124 valence electrons. The van der Waals surface area contributed by atoms with Crippen molar-refractivity contribution in [1.29, 1.82) is 0 Å². The Hall–Kier alpha value is -2.08. The van der Waals surface area contributed by atoms with E-state index in [9.17, 15) is 9.59 Å². The van der Waals surface area contributed by atoms with Gasteiger partial charge in [0.1, 0.15) is 0 Å². The Kier molecular flexibility index (Phi) is 4.26. The lowest BCUT2D eigenvalue weighted by atomic mass is 9.97. The smallest absolute Gasteiger partial charge is 0.328 e. The fraction of sp³-hybridized carbons (Fsp3) is 0.529. The van der Waals surface area contributed by atoms with Crippen LogP contribution in [-0.2, 0) is 18.4 Å². The van der Waals surface area contributed by atoms with Crippen molar-refractivity contribution in [3.8, 4) is 0 Å². The van der Waals surface area contributed by atoms with Crippen LogP contribution >= 0.6 is 0 Å². The molecule has 6 nitrogen and oxygen atoms in total. The van der Waals surface area contributed by atoms with Gasteiger partial charge in [0.05, 0.1) is 16.6 Å². The Bertz CT molecular complexity index is 768. The number of hydrogen-bond acceptors (Lipinski definition) is 3. The van der Waals surface area contributed by atoms with Gasteiger partial charge in [-0.25, -0.2) is 4.79 Å². The predicted octanol–water partition coefficient (Wildman–Crippen LogP) is 1.12. The summed E-state index contributed by atoms with van der Waals surface area (Å²) in [7, 11) is 1.75. The maximum absolute atomic E-state index is 12.3. The number of imidazole rings is 1. The molecule has 3 N–H and O–H groups in total. The van der Waals surface area contributed by atoms with Crippen LogP contribution in [0.15, 0.2) is 29.1 Å². The number of carbonyl (C=O) groups is 1. The summed E-state index contributed by atoms with van der Waals surface area (Å²) in [5.74, 6) is -0.0304. The van der Waals surface area contributed by atoms with Gasteiger partial charge in [0, 0.05) is 26.6 Å². The zero-order chi connectivity index (χ0) is 16.4. The second kappa shape index (κ2) is 6.20. The average Bonchev–Trinajstić information content (AvgIpc) is 3.11. The number of nitrogens with zero attached hydrogens (tertiary/aromatic N) is 2. The molecule has 1 heterocycles. The van der Waals surface area contributed by atoms with Crippen LogP contribution in [0.1, 0.15) is 32.1 Å². The SMILES string of the molecule is Cn1c(=O)n(CCC(=O)NC2(CN)CCCC2)c2ccccc21. The van der Waals surface area contributed by atoms with Gasteiger partial charge in [0.25, 0.3) is 0 Å². The summed E-state index contributed by atoms with van der Waals surface area (Å²) in [6.07, 6.45) is 4.41. The van der Waals surface area contributed by atoms with Gasteiger partial charge in [0.15, 0.2) is 0 Å². The van der Waals surface area contributed by atoms with Crippen molar-refractivity contribution >= 4 is 16.9 Å². The first-order valence-electron chi connectivity index (χ1n) is 8.22. The second-order valence-electron chi connectivity index (χ2n) is 6.47. The van der Waals surface area contributed by atoms with Crippen LogP contribution in [0.2, 0.25) is 0 Å². The Balaban J connectivity index is 1.72. The number of hydrogen-bond donors (Lipinski definition) is 2. The van der Waals surface area contributed by atoms with Gasteiger partial charge in [-0.3, -0.25) is 13.9 Å². The third-order valence-corrected chi connectivity index (χ3v) is 4.97. The second-order valence-corrected chi connectivity index (χ2v) is 6.47. The lowest BCUT2D eigenvalue weighted by Crippen LogP contribution is -2.51. The monoisotopic (exact) mass is 316 g/mol. The zero-order valence-corrected chi connectivity index (χ0v) is 13.5. The molecule has 0 bridgehead atoms. The fourth-order valence-electron chi connectivity index (χ4n) is 3.58. The number of benzene rings is 1. The average molecular weight is 316 g/mol. The molecule has 1 amide bonds. The first-order chi connectivity index (χ1) is 11.1. The van der Waals surface area contributed by atoms with E-state index in [4.69, 9.17) is 5.73 Å². The van der Waals surface area contributed by atoms with Gasteiger partial charge in [-0.1, -0.05) is 25.0 Å². The van der Waals surface area contributed by atoms with Gasteiger partial charge in [-0.2, -0.15) is 0 Å². The highest BCUT2D eigenvalue weighted by atomic mass is 16.2. The van der Waals surface area contributed by atoms with Crippen molar-refractivity contribution in [2.24, 2.45) is 12.8 Å². The minimum Gasteiger partial charge on any atom is -0.349 e. The molecule has 0 spiro atoms. The van der Waals surface area contributed by atoms with Crippen molar-refractivity contribution in [3.05, 3.63) is 34.7 Å². The zero-order valence-electron chi connectivity index (χ0n) is 13.5. The standard InChI is InChI=1S/C17H24N4O2/c1-20-13-6-2-3-7-14(13)21(16(20)23)11-8-15(22)19-17(12-18)9-4-5-10-17/h2-3,6-7H,4-5,8-12,18H2,1H3,(H,19,22). The Morgan fingerprint density at radius 2 is 1.91 bits per heavy atom. The van der Waals surface area contributed by atoms with Gasteiger partial charge in [-0.05, 0) is 25.0 Å². The molecule has 1 aromatic heterocycles. The third-order valence-electron chi connectivity index (χ3n) is 4.97. The van der Waals surface area contributed by atoms with Crippen LogP contribution in [-0.4, -0.2) is 27.1 Å². The number of nitrogens with one attached hydrogen (secondary N) is 1. The van der Waals surface area contributed by atoms with Gasteiger partial charge < -0.3 is 11.1 Å². The molecule has 0 saturated heterocycles. The summed E-state index contributed by atoms with van der Waals surface area (Å²) >= 11 is 0. The molecule has 0 unspecified atom stereocenters. The fourth-order valence-corrected chi connectivity index (χ4v) is 3.58. The van der Waals surface area contributed by atoms with Crippen LogP contribution in [0.25, 0.3) is 11.0 Å². The molecule has 23 heavy (non-hydrogen) atoms. The number of aryl methyl sites for hydroxylation is 2. The molecular formula is C17H24N4O2. The number of amides is 1. The number of rotatable bonds is 5. The molecule has 1 saturated carbocycles. The minimum atomic E-state index is -0.235. The molecule has 0 aliphatic heterocycles. The normalized spacial score (nSPS) is 16.8. The summed E-state index contributed by atoms with van der Waals surface area (Å²) in [4.78, 5) is 24.6. The first-order valence-corrected chi connectivity index (χ1v) is 8.22. The van der Waals surface area contributed by atoms with E-state index < -0.39 is 0 Å². The van der Waals surface area contributed by atoms with Crippen molar-refractivity contribution < 1.29 is 4.79 Å². The number of para-hydroxylation sites is 2. The topological polar surface area (TPSA) is 82.0 Å². The molecule has 3 rings (SSSR count). The molecule has 1 aromatic carbocycles. The summed E-state index contributed by atoms with van der Waals surface area (Å²) in [6, 6.07) is 7.63. The summed E-state index contributed by atoms with van der Waals surface area (Å²) < 4.78 is 3.28. The number of carbonyl (C=O) groups excluding carboxylic acids is 1. The predicted molar refractivity (Wildman–Crippen MR) is 90.2 cm³/mol. The van der Waals surface area contributed by atoms with Crippen molar-refractivity contribution in [2.75, 3.05) is 6.54 Å². The molecule has 6 heteroatoms. The first kappa shape index (κ1) is 15.8. The van der Waals surface area contributed by atoms with E-state index in [0.29, 0.717) is 13.1 Å². The summed E-state index contributed by atoms with van der Waals surface area (Å²) in [6.45, 7) is 0.861. The maximum Gasteiger partial charge on any atom is 0.328 e. The van der Waals surface area contributed by atoms with E-state index in [2.05, 4.69) is 5.32 Å². The number of nitrogens with two attached hydrogens (primary N) is 1. The largest absolute Gasteiger partial charge is 0.349 e. The molecule has 1 aliphatic rings. The van der Waals surface area contributed by atoms with E-state index in [1.54, 1.807) is 16.2 Å². The van der Waals surface area contributed by atoms with Crippen molar-refractivity contribution in [2.45, 2.75) is 44.2 Å². The van der Waals surface area contributed by atoms with E-state index in [1.165, 1.54) is 0 Å². The lowest BCUT2D eigenvalue weighted by molar-refractivity contribution is -0.123. The minimum absolute atomic E-state index is 0.0304. The van der Waals surface area contributed by atoms with E-state index in [1.807, 2.05) is 24.3 Å². The molecule has 1 fully saturated rings. The van der Waals surface area contributed by atoms with Crippen LogP contribution in [0, 0.1) is 0 Å². The lowest BCUT2D eigenvalue weighted by Gasteiger charge is -2.28. The third kappa shape index (κ3) is 2.91. The Morgan fingerprint density at radius 1 is 1.26 bits per heavy atom. The maximum atomic E-state index is 12.3. The summed E-state index contributed by atoms with van der Waals surface area (Å²) in [5, 5.41) is 3.10. The van der Waals surface area contributed by atoms with Crippen molar-refractivity contribution in [3.63, 3.8) is 0 Å². The number of fused-ring (bicyclic) bond motifs is 1. The highest BCUT2D eigenvalue weighted by Gasteiger charge is 2.33. The molecule has 0 radical (unpaired) electrons. The van der Waals surface area contributed by atoms with E-state index in [0.717, 1.165) is 36.7 Å². The summed E-state index contributed by atoms with van der Waals surface area (Å²) in [5.41, 5.74) is 7.27. The van der Waals surface area contributed by atoms with E-state index in [-0.39, 0.29) is 23.6 Å². The van der Waals surface area contributed by atoms with Gasteiger partial charge in [-0.15, -0.1) is 0 Å². The molecule has 0 atom stereocenters. The highest BCUT2D eigenvalue weighted by molar-refractivity contribution is 5.78. The Labute approximate surface area is 135 Å². The number of aromatic nitrogens is 2. The van der Waals surface area contributed by atoms with Gasteiger partial charge in [0.2, 0.25) is 5.91 Å². The van der Waals surface area contributed by atoms with Crippen LogP contribution in [0.3, 0.4) is 0 Å². The molecule has 1 aliphatic carbocycles. The van der Waals surface area contributed by atoms with Gasteiger partial charge >= 0.3 is 5.69 Å². The quantitative estimate of drug-likeness (QED) is 0.867. The van der Waals surface area contributed by atoms with Crippen LogP contribution in [0.5, 0.6) is 0 Å². The van der Waals surface area contributed by atoms with E-state index >= 15 is 0 Å². The molecular weight excluding hydrogens is 292 g/mol.